The molecule has 0 amide bonds. The van der Waals surface area contributed by atoms with E-state index in [0.717, 1.165) is 28.6 Å². The van der Waals surface area contributed by atoms with E-state index >= 15 is 0 Å². The molecule has 2 aromatic carbocycles. The number of hydrogen-bond donors (Lipinski definition) is 0. The quantitative estimate of drug-likeness (QED) is 0.504. The van der Waals surface area contributed by atoms with Crippen LogP contribution in [-0.4, -0.2) is 9.55 Å². The number of aryl methyl sites for hydroxylation is 2. The van der Waals surface area contributed by atoms with Crippen LogP contribution in [0.25, 0.3) is 21.3 Å². The lowest BCUT2D eigenvalue weighted by Gasteiger charge is -2.11. The van der Waals surface area contributed by atoms with Crippen molar-refractivity contribution in [1.29, 1.82) is 0 Å². The van der Waals surface area contributed by atoms with Crippen molar-refractivity contribution in [3.8, 4) is 11.1 Å². The second kappa shape index (κ2) is 6.78. The smallest absolute Gasteiger partial charge is 0.262 e. The highest BCUT2D eigenvalue weighted by Gasteiger charge is 2.19. The van der Waals surface area contributed by atoms with Gasteiger partial charge in [-0.05, 0) is 47.9 Å². The lowest BCUT2D eigenvalue weighted by atomic mass is 9.97. The molecule has 1 aliphatic carbocycles. The summed E-state index contributed by atoms with van der Waals surface area (Å²) in [7, 11) is 0. The van der Waals surface area contributed by atoms with E-state index in [0.29, 0.717) is 6.54 Å². The van der Waals surface area contributed by atoms with Crippen LogP contribution in [0.3, 0.4) is 0 Å². The minimum atomic E-state index is 0.103. The zero-order chi connectivity index (χ0) is 18.2. The Morgan fingerprint density at radius 1 is 0.926 bits per heavy atom. The Morgan fingerprint density at radius 2 is 1.67 bits per heavy atom. The fourth-order valence-electron chi connectivity index (χ4n) is 3.92. The second-order valence-electron chi connectivity index (χ2n) is 7.13. The van der Waals surface area contributed by atoms with E-state index in [4.69, 9.17) is 0 Å². The molecule has 134 valence electrons. The molecule has 0 fully saturated rings. The van der Waals surface area contributed by atoms with Crippen molar-refractivity contribution in [3.05, 3.63) is 87.3 Å². The maximum absolute atomic E-state index is 13.1. The number of hydrogen-bond acceptors (Lipinski definition) is 3. The minimum Gasteiger partial charge on any atom is -0.294 e. The Balaban J connectivity index is 1.48. The first-order valence-electron chi connectivity index (χ1n) is 9.43. The van der Waals surface area contributed by atoms with Gasteiger partial charge in [-0.15, -0.1) is 11.3 Å². The van der Waals surface area contributed by atoms with E-state index in [9.17, 15) is 4.79 Å². The Kier molecular flexibility index (Phi) is 4.13. The van der Waals surface area contributed by atoms with E-state index in [1.165, 1.54) is 34.4 Å². The third-order valence-corrected chi connectivity index (χ3v) is 6.56. The van der Waals surface area contributed by atoms with Crippen LogP contribution in [0.5, 0.6) is 0 Å². The first kappa shape index (κ1) is 16.5. The molecule has 0 saturated heterocycles. The number of rotatable bonds is 3. The maximum atomic E-state index is 13.1. The van der Waals surface area contributed by atoms with Crippen LogP contribution >= 0.6 is 11.3 Å². The molecule has 0 radical (unpaired) electrons. The highest BCUT2D eigenvalue weighted by Crippen LogP contribution is 2.33. The molecular weight excluding hydrogens is 352 g/mol. The fourth-order valence-corrected chi connectivity index (χ4v) is 5.14. The van der Waals surface area contributed by atoms with Gasteiger partial charge >= 0.3 is 0 Å². The van der Waals surface area contributed by atoms with Crippen molar-refractivity contribution < 1.29 is 0 Å². The molecule has 0 unspecified atom stereocenters. The molecule has 2 heterocycles. The summed E-state index contributed by atoms with van der Waals surface area (Å²) in [6.45, 7) is 0.557. The predicted molar refractivity (Wildman–Crippen MR) is 112 cm³/mol. The predicted octanol–water partition coefficient (Wildman–Crippen LogP) is 5.05. The summed E-state index contributed by atoms with van der Waals surface area (Å²) in [5.74, 6) is 0. The van der Waals surface area contributed by atoms with Gasteiger partial charge in [0.2, 0.25) is 0 Å². The topological polar surface area (TPSA) is 34.9 Å². The summed E-state index contributed by atoms with van der Waals surface area (Å²) in [6, 6.07) is 18.8. The van der Waals surface area contributed by atoms with Gasteiger partial charge in [0.25, 0.3) is 5.56 Å². The Hall–Kier alpha value is -2.72. The number of fused-ring (bicyclic) bond motifs is 3. The molecule has 4 aromatic rings. The van der Waals surface area contributed by atoms with Crippen LogP contribution in [0.2, 0.25) is 0 Å². The Labute approximate surface area is 161 Å². The SMILES string of the molecule is O=c1c2c3c(sc2ncn1Cc1ccc(-c2ccccc2)cc1)CCCC3. The van der Waals surface area contributed by atoms with Crippen LogP contribution in [0, 0.1) is 0 Å². The standard InChI is InChI=1S/C23H20N2OS/c26-23-21-19-8-4-5-9-20(19)27-22(21)24-15-25(23)14-16-10-12-18(13-11-16)17-6-2-1-3-7-17/h1-3,6-7,10-13,15H,4-5,8-9,14H2. The largest absolute Gasteiger partial charge is 0.294 e. The average molecular weight is 372 g/mol. The van der Waals surface area contributed by atoms with Gasteiger partial charge < -0.3 is 0 Å². The third-order valence-electron chi connectivity index (χ3n) is 5.36. The molecule has 0 atom stereocenters. The van der Waals surface area contributed by atoms with Crippen LogP contribution in [-0.2, 0) is 19.4 Å². The second-order valence-corrected chi connectivity index (χ2v) is 8.22. The number of nitrogens with zero attached hydrogens (tertiary/aromatic N) is 2. The van der Waals surface area contributed by atoms with Crippen molar-refractivity contribution in [3.63, 3.8) is 0 Å². The molecule has 1 aliphatic rings. The van der Waals surface area contributed by atoms with Gasteiger partial charge in [-0.25, -0.2) is 4.98 Å². The van der Waals surface area contributed by atoms with Gasteiger partial charge in [0.15, 0.2) is 0 Å². The number of thiophene rings is 1. The minimum absolute atomic E-state index is 0.103. The van der Waals surface area contributed by atoms with Gasteiger partial charge in [0, 0.05) is 4.88 Å². The van der Waals surface area contributed by atoms with Crippen LogP contribution in [0.1, 0.15) is 28.8 Å². The molecule has 0 saturated carbocycles. The first-order chi connectivity index (χ1) is 13.3. The average Bonchev–Trinajstić information content (AvgIpc) is 3.11. The number of aromatic nitrogens is 2. The van der Waals surface area contributed by atoms with Crippen molar-refractivity contribution >= 4 is 21.6 Å². The number of benzene rings is 2. The lowest BCUT2D eigenvalue weighted by Crippen LogP contribution is -2.21. The van der Waals surface area contributed by atoms with Crippen molar-refractivity contribution in [2.45, 2.75) is 32.2 Å². The third kappa shape index (κ3) is 3.00. The van der Waals surface area contributed by atoms with Crippen LogP contribution in [0.4, 0.5) is 0 Å². The summed E-state index contributed by atoms with van der Waals surface area (Å²) in [5, 5.41) is 0.859. The summed E-state index contributed by atoms with van der Waals surface area (Å²) in [6.07, 6.45) is 6.21. The monoisotopic (exact) mass is 372 g/mol. The zero-order valence-electron chi connectivity index (χ0n) is 15.0. The molecule has 0 spiro atoms. The van der Waals surface area contributed by atoms with E-state index in [1.54, 1.807) is 22.2 Å². The normalized spacial score (nSPS) is 13.6. The summed E-state index contributed by atoms with van der Waals surface area (Å²) < 4.78 is 1.75. The molecule has 27 heavy (non-hydrogen) atoms. The summed E-state index contributed by atoms with van der Waals surface area (Å²) >= 11 is 1.70. The van der Waals surface area contributed by atoms with Gasteiger partial charge in [-0.3, -0.25) is 9.36 Å². The Bertz CT molecular complexity index is 1160. The molecular formula is C23H20N2OS. The molecule has 0 N–H and O–H groups in total. The fraction of sp³-hybridized carbons (Fsp3) is 0.217. The maximum Gasteiger partial charge on any atom is 0.262 e. The molecule has 0 bridgehead atoms. The molecule has 3 nitrogen and oxygen atoms in total. The van der Waals surface area contributed by atoms with E-state index in [-0.39, 0.29) is 5.56 Å². The van der Waals surface area contributed by atoms with Crippen LogP contribution in [0.15, 0.2) is 65.7 Å². The van der Waals surface area contributed by atoms with Gasteiger partial charge in [-0.2, -0.15) is 0 Å². The Morgan fingerprint density at radius 3 is 2.48 bits per heavy atom. The van der Waals surface area contributed by atoms with Crippen molar-refractivity contribution in [2.75, 3.05) is 0 Å². The molecule has 2 aromatic heterocycles. The molecule has 5 rings (SSSR count). The highest BCUT2D eigenvalue weighted by atomic mass is 32.1. The van der Waals surface area contributed by atoms with E-state index in [1.807, 2.05) is 18.2 Å². The summed E-state index contributed by atoms with van der Waals surface area (Å²) in [4.78, 5) is 19.9. The zero-order valence-corrected chi connectivity index (χ0v) is 15.8. The lowest BCUT2D eigenvalue weighted by molar-refractivity contribution is 0.697. The van der Waals surface area contributed by atoms with E-state index < -0.39 is 0 Å². The van der Waals surface area contributed by atoms with Gasteiger partial charge in [-0.1, -0.05) is 54.6 Å². The first-order valence-corrected chi connectivity index (χ1v) is 10.3. The van der Waals surface area contributed by atoms with Gasteiger partial charge in [0.05, 0.1) is 18.3 Å². The van der Waals surface area contributed by atoms with Gasteiger partial charge in [0.1, 0.15) is 4.83 Å². The van der Waals surface area contributed by atoms with Crippen molar-refractivity contribution in [2.24, 2.45) is 0 Å². The highest BCUT2D eigenvalue weighted by molar-refractivity contribution is 7.18. The van der Waals surface area contributed by atoms with Crippen LogP contribution < -0.4 is 5.56 Å². The van der Waals surface area contributed by atoms with E-state index in [2.05, 4.69) is 41.4 Å². The molecule has 0 aliphatic heterocycles. The molecule has 4 heteroatoms. The summed E-state index contributed by atoms with van der Waals surface area (Å²) in [5.41, 5.74) is 4.86. The van der Waals surface area contributed by atoms with Crippen molar-refractivity contribution in [1.82, 2.24) is 9.55 Å².